The minimum Gasteiger partial charge on any atom is -0.493 e. The lowest BCUT2D eigenvalue weighted by Crippen LogP contribution is -2.32. The summed E-state index contributed by atoms with van der Waals surface area (Å²) in [5.41, 5.74) is 7.37. The molecule has 1 fully saturated rings. The van der Waals surface area contributed by atoms with Crippen molar-refractivity contribution in [3.05, 3.63) is 23.3 Å². The number of carbonyl (C=O) groups is 1. The van der Waals surface area contributed by atoms with Gasteiger partial charge < -0.3 is 20.1 Å². The zero-order valence-electron chi connectivity index (χ0n) is 11.6. The highest BCUT2D eigenvalue weighted by Gasteiger charge is 2.26. The van der Waals surface area contributed by atoms with Crippen molar-refractivity contribution in [1.82, 2.24) is 4.90 Å². The normalized spacial score (nSPS) is 18.5. The third kappa shape index (κ3) is 2.66. The van der Waals surface area contributed by atoms with Gasteiger partial charge in [0.1, 0.15) is 0 Å². The molecular weight excluding hydrogens is 244 g/mol. The Morgan fingerprint density at radius 1 is 1.32 bits per heavy atom. The first-order valence-electron chi connectivity index (χ1n) is 6.34. The number of nitrogens with two attached hydrogens (primary N) is 1. The Balaban J connectivity index is 2.31. The Labute approximate surface area is 113 Å². The van der Waals surface area contributed by atoms with E-state index in [1.807, 2.05) is 13.0 Å². The molecule has 19 heavy (non-hydrogen) atoms. The Hall–Kier alpha value is -1.75. The van der Waals surface area contributed by atoms with Crippen LogP contribution < -0.4 is 15.2 Å². The molecule has 0 aliphatic carbocycles. The summed E-state index contributed by atoms with van der Waals surface area (Å²) < 4.78 is 10.5. The number of hydrogen-bond acceptors (Lipinski definition) is 4. The SMILES string of the molecule is COc1cc(C)c(C(=O)N2CC[C@@H](N)C2)cc1OC. The van der Waals surface area contributed by atoms with Crippen molar-refractivity contribution in [3.63, 3.8) is 0 Å². The highest BCUT2D eigenvalue weighted by Crippen LogP contribution is 2.31. The maximum absolute atomic E-state index is 12.5. The Morgan fingerprint density at radius 2 is 1.95 bits per heavy atom. The number of benzene rings is 1. The fourth-order valence-corrected chi connectivity index (χ4v) is 2.35. The molecule has 0 bridgehead atoms. The van der Waals surface area contributed by atoms with E-state index in [1.54, 1.807) is 25.2 Å². The summed E-state index contributed by atoms with van der Waals surface area (Å²) in [7, 11) is 3.14. The van der Waals surface area contributed by atoms with Gasteiger partial charge in [0.05, 0.1) is 14.2 Å². The van der Waals surface area contributed by atoms with Crippen LogP contribution in [0.4, 0.5) is 0 Å². The van der Waals surface area contributed by atoms with Crippen LogP contribution in [0.1, 0.15) is 22.3 Å². The summed E-state index contributed by atoms with van der Waals surface area (Å²) in [5, 5.41) is 0. The van der Waals surface area contributed by atoms with Crippen LogP contribution in [0.15, 0.2) is 12.1 Å². The molecule has 5 heteroatoms. The maximum atomic E-state index is 12.5. The molecule has 1 aliphatic rings. The Kier molecular flexibility index (Phi) is 3.95. The van der Waals surface area contributed by atoms with E-state index in [2.05, 4.69) is 0 Å². The maximum Gasteiger partial charge on any atom is 0.254 e. The van der Waals surface area contributed by atoms with Gasteiger partial charge in [-0.1, -0.05) is 0 Å². The number of likely N-dealkylation sites (tertiary alicyclic amines) is 1. The molecule has 0 radical (unpaired) electrons. The molecule has 1 aromatic rings. The zero-order valence-corrected chi connectivity index (χ0v) is 11.6. The van der Waals surface area contributed by atoms with E-state index in [1.165, 1.54) is 0 Å². The van der Waals surface area contributed by atoms with E-state index in [0.717, 1.165) is 12.0 Å². The van der Waals surface area contributed by atoms with Gasteiger partial charge >= 0.3 is 0 Å². The molecule has 5 nitrogen and oxygen atoms in total. The summed E-state index contributed by atoms with van der Waals surface area (Å²) in [6.45, 7) is 3.23. The molecule has 1 atom stereocenters. The van der Waals surface area contributed by atoms with Gasteiger partial charge in [0.2, 0.25) is 0 Å². The third-order valence-corrected chi connectivity index (χ3v) is 3.47. The van der Waals surface area contributed by atoms with Crippen LogP contribution in [0.25, 0.3) is 0 Å². The molecule has 1 amide bonds. The molecular formula is C14H20N2O3. The topological polar surface area (TPSA) is 64.8 Å². The molecule has 2 rings (SSSR count). The highest BCUT2D eigenvalue weighted by molar-refractivity contribution is 5.96. The average molecular weight is 264 g/mol. The summed E-state index contributed by atoms with van der Waals surface area (Å²) in [4.78, 5) is 14.2. The lowest BCUT2D eigenvalue weighted by molar-refractivity contribution is 0.0789. The number of hydrogen-bond donors (Lipinski definition) is 1. The third-order valence-electron chi connectivity index (χ3n) is 3.47. The van der Waals surface area contributed by atoms with E-state index in [-0.39, 0.29) is 11.9 Å². The molecule has 1 aromatic carbocycles. The van der Waals surface area contributed by atoms with Gasteiger partial charge in [-0.2, -0.15) is 0 Å². The summed E-state index contributed by atoms with van der Waals surface area (Å²) >= 11 is 0. The van der Waals surface area contributed by atoms with Gasteiger partial charge in [0, 0.05) is 24.7 Å². The van der Waals surface area contributed by atoms with E-state index < -0.39 is 0 Å². The predicted octanol–water partition coefficient (Wildman–Crippen LogP) is 1.19. The fourth-order valence-electron chi connectivity index (χ4n) is 2.35. The first-order chi connectivity index (χ1) is 9.06. The van der Waals surface area contributed by atoms with Crippen molar-refractivity contribution in [2.45, 2.75) is 19.4 Å². The van der Waals surface area contributed by atoms with Crippen LogP contribution in [-0.2, 0) is 0 Å². The molecule has 0 saturated carbocycles. The monoisotopic (exact) mass is 264 g/mol. The van der Waals surface area contributed by atoms with Gasteiger partial charge in [0.25, 0.3) is 5.91 Å². The number of rotatable bonds is 3. The quantitative estimate of drug-likeness (QED) is 0.890. The minimum absolute atomic E-state index is 0.00593. The predicted molar refractivity (Wildman–Crippen MR) is 72.8 cm³/mol. The van der Waals surface area contributed by atoms with Crippen LogP contribution in [0.5, 0.6) is 11.5 Å². The standard InChI is InChI=1S/C14H20N2O3/c1-9-6-12(18-2)13(19-3)7-11(9)14(17)16-5-4-10(15)8-16/h6-7,10H,4-5,8,15H2,1-3H3/t10-/m1/s1. The highest BCUT2D eigenvalue weighted by atomic mass is 16.5. The molecule has 1 saturated heterocycles. The van der Waals surface area contributed by atoms with Crippen LogP contribution in [-0.4, -0.2) is 44.2 Å². The second-order valence-electron chi connectivity index (χ2n) is 4.82. The van der Waals surface area contributed by atoms with E-state index in [0.29, 0.717) is 30.2 Å². The molecule has 2 N–H and O–H groups in total. The van der Waals surface area contributed by atoms with Crippen LogP contribution in [0.2, 0.25) is 0 Å². The number of nitrogens with zero attached hydrogens (tertiary/aromatic N) is 1. The summed E-state index contributed by atoms with van der Waals surface area (Å²) in [6, 6.07) is 3.65. The van der Waals surface area contributed by atoms with Crippen molar-refractivity contribution in [1.29, 1.82) is 0 Å². The van der Waals surface area contributed by atoms with Crippen LogP contribution in [0.3, 0.4) is 0 Å². The van der Waals surface area contributed by atoms with E-state index >= 15 is 0 Å². The lowest BCUT2D eigenvalue weighted by Gasteiger charge is -2.18. The number of methoxy groups -OCH3 is 2. The Morgan fingerprint density at radius 3 is 2.47 bits per heavy atom. The van der Waals surface area contributed by atoms with Crippen molar-refractivity contribution in [2.75, 3.05) is 27.3 Å². The molecule has 0 aromatic heterocycles. The lowest BCUT2D eigenvalue weighted by atomic mass is 10.1. The summed E-state index contributed by atoms with van der Waals surface area (Å²) in [6.07, 6.45) is 0.859. The number of amides is 1. The van der Waals surface area contributed by atoms with Crippen LogP contribution in [0, 0.1) is 6.92 Å². The first-order valence-corrected chi connectivity index (χ1v) is 6.34. The summed E-state index contributed by atoms with van der Waals surface area (Å²) in [5.74, 6) is 1.21. The molecule has 0 unspecified atom stereocenters. The van der Waals surface area contributed by atoms with Crippen molar-refractivity contribution in [2.24, 2.45) is 5.73 Å². The minimum atomic E-state index is 0.00593. The van der Waals surface area contributed by atoms with E-state index in [9.17, 15) is 4.79 Å². The van der Waals surface area contributed by atoms with Gasteiger partial charge in [-0.3, -0.25) is 4.79 Å². The molecule has 1 heterocycles. The molecule has 0 spiro atoms. The Bertz CT molecular complexity index is 488. The van der Waals surface area contributed by atoms with Crippen molar-refractivity contribution >= 4 is 5.91 Å². The first kappa shape index (κ1) is 13.7. The smallest absolute Gasteiger partial charge is 0.254 e. The number of carbonyl (C=O) groups excluding carboxylic acids is 1. The van der Waals surface area contributed by atoms with Gasteiger partial charge in [0.15, 0.2) is 11.5 Å². The van der Waals surface area contributed by atoms with Crippen molar-refractivity contribution < 1.29 is 14.3 Å². The second-order valence-corrected chi connectivity index (χ2v) is 4.82. The van der Waals surface area contributed by atoms with Gasteiger partial charge in [-0.25, -0.2) is 0 Å². The number of ether oxygens (including phenoxy) is 2. The fraction of sp³-hybridized carbons (Fsp3) is 0.500. The largest absolute Gasteiger partial charge is 0.493 e. The van der Waals surface area contributed by atoms with Crippen LogP contribution >= 0.6 is 0 Å². The van der Waals surface area contributed by atoms with Gasteiger partial charge in [-0.15, -0.1) is 0 Å². The van der Waals surface area contributed by atoms with Gasteiger partial charge in [-0.05, 0) is 31.0 Å². The number of aryl methyl sites for hydroxylation is 1. The second kappa shape index (κ2) is 5.48. The van der Waals surface area contributed by atoms with E-state index in [4.69, 9.17) is 15.2 Å². The molecule has 1 aliphatic heterocycles. The molecule has 104 valence electrons. The van der Waals surface area contributed by atoms with Crippen molar-refractivity contribution in [3.8, 4) is 11.5 Å². The zero-order chi connectivity index (χ0) is 14.0. The average Bonchev–Trinajstić information content (AvgIpc) is 2.84.